The lowest BCUT2D eigenvalue weighted by Crippen LogP contribution is -2.55. The number of nitrogens with zero attached hydrogens (tertiary/aromatic N) is 2. The zero-order valence-corrected chi connectivity index (χ0v) is 19.3. The fraction of sp³-hybridized carbons (Fsp3) is 0.458. The van der Waals surface area contributed by atoms with Crippen LogP contribution in [0.15, 0.2) is 23.6 Å². The highest BCUT2D eigenvalue weighted by Crippen LogP contribution is 2.61. The minimum Gasteiger partial charge on any atom is -0.462 e. The Morgan fingerprint density at radius 3 is 2.78 bits per heavy atom. The Labute approximate surface area is 186 Å². The lowest BCUT2D eigenvalue weighted by molar-refractivity contribution is -0.141. The van der Waals surface area contributed by atoms with Gasteiger partial charge in [0.1, 0.15) is 11.0 Å². The summed E-state index contributed by atoms with van der Waals surface area (Å²) in [6.45, 7) is 12.0. The molecule has 0 saturated heterocycles. The van der Waals surface area contributed by atoms with Crippen molar-refractivity contribution in [3.63, 3.8) is 0 Å². The summed E-state index contributed by atoms with van der Waals surface area (Å²) in [5.41, 5.74) is 9.25. The molecule has 168 valence electrons. The highest BCUT2D eigenvalue weighted by atomic mass is 16.5. The van der Waals surface area contributed by atoms with Crippen LogP contribution in [0.25, 0.3) is 0 Å². The summed E-state index contributed by atoms with van der Waals surface area (Å²) in [5, 5.41) is 7.17. The minimum absolute atomic E-state index is 0.0204. The molecule has 0 aliphatic carbocycles. The number of nitrogens with one attached hydrogen (secondary N) is 1. The monoisotopic (exact) mass is 436 g/mol. The van der Waals surface area contributed by atoms with Crippen molar-refractivity contribution >= 4 is 17.6 Å². The van der Waals surface area contributed by atoms with Gasteiger partial charge in [0.25, 0.3) is 0 Å². The molecule has 3 aliphatic rings. The summed E-state index contributed by atoms with van der Waals surface area (Å²) >= 11 is 0. The number of rotatable bonds is 2. The first kappa shape index (κ1) is 20.6. The van der Waals surface area contributed by atoms with E-state index in [0.717, 1.165) is 28.8 Å². The topological polar surface area (TPSA) is 111 Å². The largest absolute Gasteiger partial charge is 0.462 e. The van der Waals surface area contributed by atoms with Crippen LogP contribution in [0.5, 0.6) is 5.88 Å². The van der Waals surface area contributed by atoms with Crippen LogP contribution in [-0.2, 0) is 19.7 Å². The standard InChI is InChI=1S/C24H28N4O4/c1-7-31-21(29)17-19(25)32-20-16(13(4)26-27-20)24(17)15-9-11(2)8-14-12(3)10-23(5,6)28(18(14)15)22(24)30/h8-9,12H,7,10,25H2,1-6H3,(H,26,27)/t12-,24-/m0/s1. The number of H-pyrrole nitrogens is 1. The van der Waals surface area contributed by atoms with Crippen LogP contribution in [0.2, 0.25) is 0 Å². The van der Waals surface area contributed by atoms with Crippen LogP contribution in [0.1, 0.15) is 68.0 Å². The van der Waals surface area contributed by atoms with E-state index in [9.17, 15) is 9.59 Å². The zero-order chi connectivity index (χ0) is 23.2. The number of aromatic nitrogens is 2. The lowest BCUT2D eigenvalue weighted by atomic mass is 9.68. The zero-order valence-electron chi connectivity index (χ0n) is 19.3. The number of carbonyl (C=O) groups excluding carboxylic acids is 2. The molecule has 3 aliphatic heterocycles. The third kappa shape index (κ3) is 2.29. The molecule has 32 heavy (non-hydrogen) atoms. The summed E-state index contributed by atoms with van der Waals surface area (Å²) in [6.07, 6.45) is 0.798. The third-order valence-electron chi connectivity index (χ3n) is 6.97. The second kappa shape index (κ2) is 6.37. The quantitative estimate of drug-likeness (QED) is 0.700. The van der Waals surface area contributed by atoms with E-state index in [1.54, 1.807) is 6.92 Å². The van der Waals surface area contributed by atoms with Crippen LogP contribution in [-0.4, -0.2) is 34.2 Å². The van der Waals surface area contributed by atoms with Gasteiger partial charge in [-0.15, -0.1) is 5.10 Å². The maximum atomic E-state index is 14.6. The minimum atomic E-state index is -1.49. The smallest absolute Gasteiger partial charge is 0.341 e. The SMILES string of the molecule is CCOC(=O)C1=C(N)Oc2n[nH]c(C)c2[C@]12C(=O)N1c3c(cc(C)cc32)[C@@H](C)CC1(C)C. The molecule has 4 heterocycles. The van der Waals surface area contributed by atoms with Crippen LogP contribution < -0.4 is 15.4 Å². The molecule has 3 N–H and O–H groups in total. The van der Waals surface area contributed by atoms with Crippen LogP contribution >= 0.6 is 0 Å². The summed E-state index contributed by atoms with van der Waals surface area (Å²) < 4.78 is 11.1. The molecule has 2 aromatic rings. The van der Waals surface area contributed by atoms with E-state index in [4.69, 9.17) is 15.2 Å². The van der Waals surface area contributed by atoms with Crippen LogP contribution in [0, 0.1) is 13.8 Å². The number of fused-ring (bicyclic) bond motifs is 3. The number of ether oxygens (including phenoxy) is 2. The second-order valence-electron chi connectivity index (χ2n) is 9.65. The maximum absolute atomic E-state index is 14.6. The molecule has 0 unspecified atom stereocenters. The fourth-order valence-electron chi connectivity index (χ4n) is 5.96. The van der Waals surface area contributed by atoms with E-state index in [-0.39, 0.29) is 35.8 Å². The van der Waals surface area contributed by atoms with Crippen molar-refractivity contribution in [1.82, 2.24) is 10.2 Å². The molecule has 1 aromatic carbocycles. The van der Waals surface area contributed by atoms with Crippen molar-refractivity contribution < 1.29 is 19.1 Å². The summed E-state index contributed by atoms with van der Waals surface area (Å²) in [5.74, 6) is -0.587. The highest BCUT2D eigenvalue weighted by Gasteiger charge is 2.65. The fourth-order valence-corrected chi connectivity index (χ4v) is 5.96. The van der Waals surface area contributed by atoms with Crippen molar-refractivity contribution in [1.29, 1.82) is 0 Å². The summed E-state index contributed by atoms with van der Waals surface area (Å²) in [6, 6.07) is 4.12. The van der Waals surface area contributed by atoms with Gasteiger partial charge in [0.2, 0.25) is 17.7 Å². The molecule has 1 amide bonds. The first-order valence-corrected chi connectivity index (χ1v) is 11.0. The van der Waals surface area contributed by atoms with Gasteiger partial charge in [-0.25, -0.2) is 4.79 Å². The van der Waals surface area contributed by atoms with E-state index in [2.05, 4.69) is 37.0 Å². The molecule has 0 bridgehead atoms. The summed E-state index contributed by atoms with van der Waals surface area (Å²) in [7, 11) is 0. The number of aromatic amines is 1. The first-order chi connectivity index (χ1) is 15.1. The Kier molecular flexibility index (Phi) is 4.10. The predicted molar refractivity (Wildman–Crippen MR) is 118 cm³/mol. The lowest BCUT2D eigenvalue weighted by Gasteiger charge is -2.44. The number of hydrogen-bond donors (Lipinski definition) is 2. The van der Waals surface area contributed by atoms with E-state index < -0.39 is 16.9 Å². The van der Waals surface area contributed by atoms with Crippen LogP contribution in [0.3, 0.4) is 0 Å². The van der Waals surface area contributed by atoms with Gasteiger partial charge in [-0.05, 0) is 52.5 Å². The van der Waals surface area contributed by atoms with Gasteiger partial charge in [-0.1, -0.05) is 24.6 Å². The average molecular weight is 437 g/mol. The van der Waals surface area contributed by atoms with Gasteiger partial charge in [-0.3, -0.25) is 9.89 Å². The van der Waals surface area contributed by atoms with E-state index in [0.29, 0.717) is 11.3 Å². The number of amides is 1. The Hall–Kier alpha value is -3.29. The molecule has 5 rings (SSSR count). The molecule has 1 aromatic heterocycles. The molecule has 0 radical (unpaired) electrons. The van der Waals surface area contributed by atoms with Gasteiger partial charge in [-0.2, -0.15) is 0 Å². The number of nitrogens with two attached hydrogens (primary N) is 1. The molecule has 0 saturated carbocycles. The Morgan fingerprint density at radius 2 is 2.09 bits per heavy atom. The van der Waals surface area contributed by atoms with Gasteiger partial charge < -0.3 is 20.1 Å². The molecule has 8 nitrogen and oxygen atoms in total. The number of esters is 1. The van der Waals surface area contributed by atoms with Crippen molar-refractivity contribution in [3.05, 3.63) is 51.5 Å². The number of hydrogen-bond acceptors (Lipinski definition) is 6. The molecular weight excluding hydrogens is 408 g/mol. The van der Waals surface area contributed by atoms with Crippen LogP contribution in [0.4, 0.5) is 5.69 Å². The Balaban J connectivity index is 1.96. The number of anilines is 1. The van der Waals surface area contributed by atoms with Gasteiger partial charge in [0.15, 0.2) is 0 Å². The van der Waals surface area contributed by atoms with Crippen molar-refractivity contribution in [2.75, 3.05) is 11.5 Å². The Morgan fingerprint density at radius 1 is 1.38 bits per heavy atom. The summed E-state index contributed by atoms with van der Waals surface area (Å²) in [4.78, 5) is 29.8. The van der Waals surface area contributed by atoms with E-state index in [1.165, 1.54) is 0 Å². The number of aryl methyl sites for hydroxylation is 2. The van der Waals surface area contributed by atoms with Gasteiger partial charge in [0.05, 0.1) is 17.9 Å². The van der Waals surface area contributed by atoms with Crippen molar-refractivity contribution in [2.24, 2.45) is 5.73 Å². The normalized spacial score (nSPS) is 25.0. The number of benzene rings is 1. The maximum Gasteiger partial charge on any atom is 0.341 e. The van der Waals surface area contributed by atoms with Crippen molar-refractivity contribution in [2.45, 2.75) is 64.8 Å². The van der Waals surface area contributed by atoms with E-state index in [1.807, 2.05) is 24.8 Å². The molecule has 0 fully saturated rings. The third-order valence-corrected chi connectivity index (χ3v) is 6.97. The van der Waals surface area contributed by atoms with Crippen molar-refractivity contribution in [3.8, 4) is 5.88 Å². The predicted octanol–water partition coefficient (Wildman–Crippen LogP) is 3.07. The molecule has 8 heteroatoms. The average Bonchev–Trinajstić information content (AvgIpc) is 3.17. The Bertz CT molecular complexity index is 1220. The van der Waals surface area contributed by atoms with E-state index >= 15 is 0 Å². The first-order valence-electron chi connectivity index (χ1n) is 11.0. The van der Waals surface area contributed by atoms with Gasteiger partial charge >= 0.3 is 5.97 Å². The molecule has 2 atom stereocenters. The van der Waals surface area contributed by atoms with Gasteiger partial charge in [0, 0.05) is 16.8 Å². The number of carbonyl (C=O) groups is 2. The molecular formula is C24H28N4O4. The highest BCUT2D eigenvalue weighted by molar-refractivity contribution is 6.20. The molecule has 1 spiro atoms. The second-order valence-corrected chi connectivity index (χ2v) is 9.65.